The third-order valence-electron chi connectivity index (χ3n) is 2.69. The lowest BCUT2D eigenvalue weighted by atomic mass is 10.00. The maximum atomic E-state index is 9.20. The van der Waals surface area contributed by atoms with Gasteiger partial charge in [-0.15, -0.1) is 0 Å². The first-order valence-electron chi connectivity index (χ1n) is 5.10. The van der Waals surface area contributed by atoms with Crippen LogP contribution in [0.4, 0.5) is 0 Å². The van der Waals surface area contributed by atoms with Crippen LogP contribution in [0.2, 0.25) is 0 Å². The third kappa shape index (κ3) is 3.13. The zero-order valence-corrected chi connectivity index (χ0v) is 8.96. The van der Waals surface area contributed by atoms with E-state index in [1.807, 2.05) is 25.1 Å². The Morgan fingerprint density at radius 2 is 1.93 bits per heavy atom. The lowest BCUT2D eigenvalue weighted by molar-refractivity contribution is 0.169. The molecule has 1 atom stereocenters. The van der Waals surface area contributed by atoms with Crippen LogP contribution in [0.1, 0.15) is 25.8 Å². The van der Waals surface area contributed by atoms with Crippen molar-refractivity contribution in [3.8, 4) is 0 Å². The molecule has 0 aliphatic rings. The van der Waals surface area contributed by atoms with Crippen molar-refractivity contribution in [2.75, 3.05) is 6.61 Å². The Morgan fingerprint density at radius 3 is 2.43 bits per heavy atom. The molecule has 14 heavy (non-hydrogen) atoms. The largest absolute Gasteiger partial charge is 0.394 e. The molecule has 1 aromatic carbocycles. The summed E-state index contributed by atoms with van der Waals surface area (Å²) in [6.45, 7) is 5.10. The van der Waals surface area contributed by atoms with E-state index >= 15 is 0 Å². The first kappa shape index (κ1) is 11.2. The highest BCUT2D eigenvalue weighted by atomic mass is 16.3. The molecular weight excluding hydrogens is 174 g/mol. The van der Waals surface area contributed by atoms with Gasteiger partial charge in [-0.25, -0.2) is 0 Å². The monoisotopic (exact) mass is 193 g/mol. The van der Waals surface area contributed by atoms with E-state index in [1.165, 1.54) is 5.56 Å². The van der Waals surface area contributed by atoms with Crippen LogP contribution >= 0.6 is 0 Å². The molecule has 0 saturated heterocycles. The zero-order chi connectivity index (χ0) is 10.4. The molecule has 0 bridgehead atoms. The van der Waals surface area contributed by atoms with Crippen LogP contribution in [0.5, 0.6) is 0 Å². The van der Waals surface area contributed by atoms with Gasteiger partial charge >= 0.3 is 0 Å². The minimum Gasteiger partial charge on any atom is -0.394 e. The van der Waals surface area contributed by atoms with Gasteiger partial charge < -0.3 is 10.4 Å². The average Bonchev–Trinajstić information content (AvgIpc) is 2.27. The Labute approximate surface area is 86.0 Å². The number of hydrogen-bond donors (Lipinski definition) is 2. The van der Waals surface area contributed by atoms with Gasteiger partial charge in [0.2, 0.25) is 0 Å². The minimum atomic E-state index is -0.157. The fraction of sp³-hybridized carbons (Fsp3) is 0.500. The van der Waals surface area contributed by atoms with Crippen molar-refractivity contribution in [2.24, 2.45) is 0 Å². The van der Waals surface area contributed by atoms with Crippen LogP contribution in [0.3, 0.4) is 0 Å². The molecular formula is C12H19NO. The van der Waals surface area contributed by atoms with E-state index in [9.17, 15) is 5.11 Å². The Bertz CT molecular complexity index is 254. The Balaban J connectivity index is 2.48. The highest BCUT2D eigenvalue weighted by Crippen LogP contribution is 2.09. The van der Waals surface area contributed by atoms with Gasteiger partial charge in [-0.3, -0.25) is 0 Å². The van der Waals surface area contributed by atoms with Gasteiger partial charge in [0.1, 0.15) is 0 Å². The second-order valence-corrected chi connectivity index (χ2v) is 3.91. The molecule has 0 aliphatic heterocycles. The number of benzene rings is 1. The predicted molar refractivity (Wildman–Crippen MR) is 59.1 cm³/mol. The maximum Gasteiger partial charge on any atom is 0.0610 e. The maximum absolute atomic E-state index is 9.20. The van der Waals surface area contributed by atoms with Crippen LogP contribution in [0, 0.1) is 0 Å². The van der Waals surface area contributed by atoms with Crippen molar-refractivity contribution >= 4 is 0 Å². The molecule has 2 N–H and O–H groups in total. The van der Waals surface area contributed by atoms with E-state index in [4.69, 9.17) is 0 Å². The molecule has 1 rings (SSSR count). The molecule has 0 fully saturated rings. The molecule has 0 saturated carbocycles. The van der Waals surface area contributed by atoms with Crippen LogP contribution < -0.4 is 5.32 Å². The summed E-state index contributed by atoms with van der Waals surface area (Å²) in [5, 5.41) is 12.6. The summed E-state index contributed by atoms with van der Waals surface area (Å²) >= 11 is 0. The molecule has 0 aliphatic carbocycles. The first-order valence-corrected chi connectivity index (χ1v) is 5.10. The van der Waals surface area contributed by atoms with Crippen molar-refractivity contribution in [1.29, 1.82) is 0 Å². The molecule has 78 valence electrons. The molecule has 0 spiro atoms. The smallest absolute Gasteiger partial charge is 0.0610 e. The summed E-state index contributed by atoms with van der Waals surface area (Å²) in [7, 11) is 0. The van der Waals surface area contributed by atoms with Crippen LogP contribution in [-0.4, -0.2) is 17.3 Å². The second-order valence-electron chi connectivity index (χ2n) is 3.91. The SMILES string of the molecule is CCC(C)(CO)NCc1ccccc1. The summed E-state index contributed by atoms with van der Waals surface area (Å²) in [5.74, 6) is 0. The number of rotatable bonds is 5. The van der Waals surface area contributed by atoms with Gasteiger partial charge in [-0.2, -0.15) is 0 Å². The van der Waals surface area contributed by atoms with Crippen molar-refractivity contribution in [3.63, 3.8) is 0 Å². The lowest BCUT2D eigenvalue weighted by Gasteiger charge is -2.27. The van der Waals surface area contributed by atoms with E-state index in [0.717, 1.165) is 13.0 Å². The van der Waals surface area contributed by atoms with Gasteiger partial charge in [-0.1, -0.05) is 37.3 Å². The van der Waals surface area contributed by atoms with Crippen molar-refractivity contribution in [2.45, 2.75) is 32.4 Å². The molecule has 0 radical (unpaired) electrons. The molecule has 1 unspecified atom stereocenters. The van der Waals surface area contributed by atoms with Crippen molar-refractivity contribution in [3.05, 3.63) is 35.9 Å². The van der Waals surface area contributed by atoms with E-state index in [-0.39, 0.29) is 12.1 Å². The quantitative estimate of drug-likeness (QED) is 0.749. The van der Waals surface area contributed by atoms with Gasteiger partial charge in [0.25, 0.3) is 0 Å². The standard InChI is InChI=1S/C12H19NO/c1-3-12(2,10-14)13-9-11-7-5-4-6-8-11/h4-8,13-14H,3,9-10H2,1-2H3. The van der Waals surface area contributed by atoms with Crippen LogP contribution in [0.25, 0.3) is 0 Å². The zero-order valence-electron chi connectivity index (χ0n) is 8.96. The fourth-order valence-corrected chi connectivity index (χ4v) is 1.20. The lowest BCUT2D eigenvalue weighted by Crippen LogP contribution is -2.44. The van der Waals surface area contributed by atoms with Crippen molar-refractivity contribution < 1.29 is 5.11 Å². The van der Waals surface area contributed by atoms with Gasteiger partial charge in [0.05, 0.1) is 6.61 Å². The number of aliphatic hydroxyl groups is 1. The molecule has 2 nitrogen and oxygen atoms in total. The normalized spacial score (nSPS) is 15.1. The molecule has 0 aromatic heterocycles. The molecule has 0 amide bonds. The first-order chi connectivity index (χ1) is 6.70. The fourth-order valence-electron chi connectivity index (χ4n) is 1.20. The number of aliphatic hydroxyl groups excluding tert-OH is 1. The van der Waals surface area contributed by atoms with Gasteiger partial charge in [-0.05, 0) is 18.9 Å². The average molecular weight is 193 g/mol. The topological polar surface area (TPSA) is 32.3 Å². The number of hydrogen-bond acceptors (Lipinski definition) is 2. The third-order valence-corrected chi connectivity index (χ3v) is 2.69. The van der Waals surface area contributed by atoms with Gasteiger partial charge in [0.15, 0.2) is 0 Å². The Morgan fingerprint density at radius 1 is 1.29 bits per heavy atom. The van der Waals surface area contributed by atoms with E-state index in [0.29, 0.717) is 0 Å². The van der Waals surface area contributed by atoms with E-state index < -0.39 is 0 Å². The molecule has 0 heterocycles. The Hall–Kier alpha value is -0.860. The van der Waals surface area contributed by atoms with Gasteiger partial charge in [0, 0.05) is 12.1 Å². The summed E-state index contributed by atoms with van der Waals surface area (Å²) in [6.07, 6.45) is 0.927. The highest BCUT2D eigenvalue weighted by molar-refractivity contribution is 5.14. The predicted octanol–water partition coefficient (Wildman–Crippen LogP) is 1.94. The highest BCUT2D eigenvalue weighted by Gasteiger charge is 2.19. The second kappa shape index (κ2) is 5.13. The van der Waals surface area contributed by atoms with Crippen LogP contribution in [0.15, 0.2) is 30.3 Å². The van der Waals surface area contributed by atoms with E-state index in [2.05, 4.69) is 24.4 Å². The van der Waals surface area contributed by atoms with Crippen LogP contribution in [-0.2, 0) is 6.54 Å². The number of nitrogens with one attached hydrogen (secondary N) is 1. The Kier molecular flexibility index (Phi) is 4.11. The molecule has 2 heteroatoms. The summed E-state index contributed by atoms with van der Waals surface area (Å²) in [4.78, 5) is 0. The summed E-state index contributed by atoms with van der Waals surface area (Å²) in [5.41, 5.74) is 1.09. The minimum absolute atomic E-state index is 0.157. The molecule has 1 aromatic rings. The van der Waals surface area contributed by atoms with Crippen molar-refractivity contribution in [1.82, 2.24) is 5.32 Å². The summed E-state index contributed by atoms with van der Waals surface area (Å²) < 4.78 is 0. The summed E-state index contributed by atoms with van der Waals surface area (Å²) in [6, 6.07) is 10.2. The van der Waals surface area contributed by atoms with E-state index in [1.54, 1.807) is 0 Å².